The van der Waals surface area contributed by atoms with Crippen LogP contribution < -0.4 is 4.90 Å². The molecular weight excluding hydrogens is 939 g/mol. The molecule has 0 heterocycles. The second-order valence-corrected chi connectivity index (χ2v) is 26.5. The van der Waals surface area contributed by atoms with E-state index >= 15 is 0 Å². The third-order valence-corrected chi connectivity index (χ3v) is 21.1. The number of benzene rings is 10. The Kier molecular flexibility index (Phi) is 9.48. The Hall–Kier alpha value is -7.74. The Morgan fingerprint density at radius 1 is 0.397 bits per heavy atom. The van der Waals surface area contributed by atoms with Crippen molar-refractivity contribution in [2.45, 2.75) is 89.4 Å². The smallest absolute Gasteiger partial charge is 0.0540 e. The summed E-state index contributed by atoms with van der Waals surface area (Å²) in [6, 6.07) is 84.6. The van der Waals surface area contributed by atoms with Crippen LogP contribution in [0.4, 0.5) is 17.1 Å². The van der Waals surface area contributed by atoms with E-state index < -0.39 is 0 Å². The second-order valence-electron chi connectivity index (χ2n) is 26.5. The number of hydrogen-bond acceptors (Lipinski definition) is 1. The minimum absolute atomic E-state index is 0.0144. The van der Waals surface area contributed by atoms with Gasteiger partial charge in [0.15, 0.2) is 0 Å². The van der Waals surface area contributed by atoms with Gasteiger partial charge in [0.05, 0.1) is 11.4 Å². The maximum Gasteiger partial charge on any atom is 0.0540 e. The highest BCUT2D eigenvalue weighted by atomic mass is 15.1. The van der Waals surface area contributed by atoms with E-state index in [2.05, 4.69) is 272 Å². The molecule has 0 bridgehead atoms. The molecule has 380 valence electrons. The highest BCUT2D eigenvalue weighted by Crippen LogP contribution is 2.95. The molecule has 0 saturated heterocycles. The summed E-state index contributed by atoms with van der Waals surface area (Å²) >= 11 is 0. The van der Waals surface area contributed by atoms with Crippen molar-refractivity contribution in [3.05, 3.63) is 257 Å². The Morgan fingerprint density at radius 2 is 0.910 bits per heavy atom. The summed E-state index contributed by atoms with van der Waals surface area (Å²) in [5, 5.41) is 2.53. The monoisotopic (exact) mass is 1010 g/mol. The molecular formula is C77H67N. The van der Waals surface area contributed by atoms with Gasteiger partial charge in [-0.15, -0.1) is 0 Å². The van der Waals surface area contributed by atoms with Crippen LogP contribution >= 0.6 is 0 Å². The summed E-state index contributed by atoms with van der Waals surface area (Å²) in [5.41, 5.74) is 26.8. The molecule has 5 atom stereocenters. The minimum Gasteiger partial charge on any atom is -0.309 e. The average Bonchev–Trinajstić information content (AvgIpc) is 1.05. The summed E-state index contributed by atoms with van der Waals surface area (Å²) in [7, 11) is 0. The quantitative estimate of drug-likeness (QED) is 0.154. The highest BCUT2D eigenvalue weighted by Gasteiger charge is 2.90. The predicted molar refractivity (Wildman–Crippen MR) is 326 cm³/mol. The van der Waals surface area contributed by atoms with Gasteiger partial charge >= 0.3 is 0 Å². The van der Waals surface area contributed by atoms with Gasteiger partial charge in [-0.25, -0.2) is 0 Å². The fraction of sp³-hybridized carbons (Fsp3) is 0.247. The number of nitrogens with zero attached hydrogens (tertiary/aromatic N) is 1. The zero-order valence-corrected chi connectivity index (χ0v) is 46.2. The maximum atomic E-state index is 2.69. The van der Waals surface area contributed by atoms with Gasteiger partial charge in [-0.3, -0.25) is 0 Å². The molecule has 10 aromatic carbocycles. The molecule has 0 amide bonds. The van der Waals surface area contributed by atoms with E-state index in [1.165, 1.54) is 131 Å². The zero-order valence-electron chi connectivity index (χ0n) is 46.2. The number of anilines is 3. The SMILES string of the molecule is CC(C)(C)c1cc(-c2cccc3cccc(-c4ccccc4N(c4ccc5c(c4)C4(c6ccccc6-5)C5CC6CC7CC4C675)c4ccccc4-c4cccc5c4-c4ccccc4C5(C)c4ccccc4)c23)cc(C(C)(C)C)c1. The molecule has 5 unspecified atom stereocenters. The number of rotatable bonds is 7. The first-order chi connectivity index (χ1) is 37.8. The zero-order chi connectivity index (χ0) is 52.7. The predicted octanol–water partition coefficient (Wildman–Crippen LogP) is 20.2. The first-order valence-corrected chi connectivity index (χ1v) is 29.0. The van der Waals surface area contributed by atoms with Crippen LogP contribution in [0.3, 0.4) is 0 Å². The van der Waals surface area contributed by atoms with Gasteiger partial charge in [-0.05, 0) is 185 Å². The third kappa shape index (κ3) is 5.88. The van der Waals surface area contributed by atoms with Crippen molar-refractivity contribution in [3.63, 3.8) is 0 Å². The second kappa shape index (κ2) is 15.9. The van der Waals surface area contributed by atoms with Crippen LogP contribution in [0.15, 0.2) is 218 Å². The van der Waals surface area contributed by atoms with E-state index in [9.17, 15) is 0 Å². The van der Waals surface area contributed by atoms with Crippen molar-refractivity contribution >= 4 is 27.8 Å². The molecule has 0 aliphatic heterocycles. The van der Waals surface area contributed by atoms with Gasteiger partial charge in [-0.1, -0.05) is 236 Å². The molecule has 0 N–H and O–H groups in total. The number of fused-ring (bicyclic) bond motifs is 11. The summed E-state index contributed by atoms with van der Waals surface area (Å²) in [6.45, 7) is 16.5. The van der Waals surface area contributed by atoms with E-state index in [1.54, 1.807) is 11.1 Å². The van der Waals surface area contributed by atoms with Crippen LogP contribution in [0.25, 0.3) is 66.4 Å². The van der Waals surface area contributed by atoms with E-state index in [0.717, 1.165) is 23.7 Å². The molecule has 1 nitrogen and oxygen atoms in total. The average molecular weight is 1010 g/mol. The highest BCUT2D eigenvalue weighted by molar-refractivity contribution is 6.10. The Morgan fingerprint density at radius 3 is 1.56 bits per heavy atom. The van der Waals surface area contributed by atoms with Crippen LogP contribution in [-0.2, 0) is 21.7 Å². The molecule has 4 saturated carbocycles. The molecule has 6 aliphatic carbocycles. The lowest BCUT2D eigenvalue weighted by Crippen LogP contribution is -2.88. The van der Waals surface area contributed by atoms with Crippen molar-refractivity contribution in [1.29, 1.82) is 0 Å². The van der Waals surface area contributed by atoms with Gasteiger partial charge in [-0.2, -0.15) is 0 Å². The van der Waals surface area contributed by atoms with Crippen molar-refractivity contribution in [1.82, 2.24) is 0 Å². The normalized spacial score (nSPS) is 24.3. The van der Waals surface area contributed by atoms with E-state index in [0.29, 0.717) is 5.41 Å². The van der Waals surface area contributed by atoms with Gasteiger partial charge in [0.2, 0.25) is 0 Å². The summed E-state index contributed by atoms with van der Waals surface area (Å²) in [6.07, 6.45) is 4.22. The summed E-state index contributed by atoms with van der Waals surface area (Å²) < 4.78 is 0. The Bertz CT molecular complexity index is 4100. The maximum absolute atomic E-state index is 2.69. The molecule has 78 heavy (non-hydrogen) atoms. The van der Waals surface area contributed by atoms with Crippen molar-refractivity contribution in [2.75, 3.05) is 4.90 Å². The molecule has 10 aromatic rings. The number of para-hydroxylation sites is 2. The fourth-order valence-corrected chi connectivity index (χ4v) is 17.6. The van der Waals surface area contributed by atoms with Crippen LogP contribution in [0.5, 0.6) is 0 Å². The van der Waals surface area contributed by atoms with E-state index in [-0.39, 0.29) is 21.7 Å². The largest absolute Gasteiger partial charge is 0.309 e. The first kappa shape index (κ1) is 46.4. The minimum atomic E-state index is -0.318. The van der Waals surface area contributed by atoms with Crippen molar-refractivity contribution < 1.29 is 0 Å². The van der Waals surface area contributed by atoms with Crippen LogP contribution in [0, 0.1) is 29.1 Å². The first-order valence-electron chi connectivity index (χ1n) is 29.0. The summed E-state index contributed by atoms with van der Waals surface area (Å²) in [4.78, 5) is 2.67. The molecule has 4 fully saturated rings. The summed E-state index contributed by atoms with van der Waals surface area (Å²) in [5.74, 6) is 3.34. The molecule has 6 aliphatic rings. The van der Waals surface area contributed by atoms with Crippen molar-refractivity contribution in [2.24, 2.45) is 29.1 Å². The lowest BCUT2D eigenvalue weighted by molar-refractivity contribution is -0.412. The molecule has 0 aromatic heterocycles. The van der Waals surface area contributed by atoms with Gasteiger partial charge < -0.3 is 4.90 Å². The standard InChI is InChI=1S/C77H67N/c1-73(2,3)50-40-48(41-51(42-50)74(4,5)6)55-30-19-22-47-23-20-31-60(71(47)55)58-27-13-17-36-67(58)78(54-38-39-57-56-26-11-16-34-64(56)77(66(57)46-54)69-44-52-43-53-45-70(77)76(52,53)69)68-37-18-14-28-59(68)61-32-21-35-65-72(61)62-29-12-15-33-63(62)75(65,7)49-24-9-8-10-25-49/h8-42,46,52-53,69-70H,43-45H2,1-7H3. The fourth-order valence-electron chi connectivity index (χ4n) is 17.6. The van der Waals surface area contributed by atoms with E-state index in [1.807, 2.05) is 0 Å². The molecule has 1 heteroatoms. The van der Waals surface area contributed by atoms with Crippen LogP contribution in [-0.4, -0.2) is 0 Å². The van der Waals surface area contributed by atoms with E-state index in [4.69, 9.17) is 0 Å². The van der Waals surface area contributed by atoms with Crippen LogP contribution in [0.2, 0.25) is 0 Å². The lowest BCUT2D eigenvalue weighted by atomic mass is 9.11. The Balaban J connectivity index is 0.951. The lowest BCUT2D eigenvalue weighted by Gasteiger charge is -2.92. The molecule has 2 spiro atoms. The van der Waals surface area contributed by atoms with Crippen LogP contribution in [0.1, 0.15) is 107 Å². The van der Waals surface area contributed by atoms with Crippen molar-refractivity contribution in [3.8, 4) is 55.6 Å². The van der Waals surface area contributed by atoms with Gasteiger partial charge in [0, 0.05) is 27.6 Å². The number of hydrogen-bond donors (Lipinski definition) is 0. The third-order valence-electron chi connectivity index (χ3n) is 21.1. The topological polar surface area (TPSA) is 3.24 Å². The Labute approximate surface area is 461 Å². The molecule has 0 radical (unpaired) electrons. The van der Waals surface area contributed by atoms with Gasteiger partial charge in [0.1, 0.15) is 0 Å². The molecule has 16 rings (SSSR count). The van der Waals surface area contributed by atoms with Gasteiger partial charge in [0.25, 0.3) is 0 Å².